The van der Waals surface area contributed by atoms with Crippen LogP contribution in [-0.2, 0) is 17.6 Å². The van der Waals surface area contributed by atoms with Crippen LogP contribution in [-0.4, -0.2) is 43.5 Å². The Bertz CT molecular complexity index is 1500. The van der Waals surface area contributed by atoms with E-state index in [9.17, 15) is 10.1 Å². The summed E-state index contributed by atoms with van der Waals surface area (Å²) in [6.07, 6.45) is 11.0. The van der Waals surface area contributed by atoms with Gasteiger partial charge in [0.15, 0.2) is 5.78 Å². The lowest BCUT2D eigenvalue weighted by atomic mass is 9.40. The molecule has 1 aromatic carbocycles. The molecule has 0 N–H and O–H groups in total. The first-order valence-electron chi connectivity index (χ1n) is 14.4. The van der Waals surface area contributed by atoms with Gasteiger partial charge in [0.25, 0.3) is 5.91 Å². The first kappa shape index (κ1) is 27.0. The number of carbonyl (C=O) groups is 2. The molecule has 3 heterocycles. The van der Waals surface area contributed by atoms with Crippen molar-refractivity contribution in [1.29, 1.82) is 5.26 Å². The Morgan fingerprint density at radius 1 is 0.951 bits per heavy atom. The van der Waals surface area contributed by atoms with E-state index in [4.69, 9.17) is 4.99 Å². The number of benzene rings is 1. The number of rotatable bonds is 8. The zero-order chi connectivity index (χ0) is 28.8. The van der Waals surface area contributed by atoms with Gasteiger partial charge in [-0.3, -0.25) is 29.4 Å². The molecule has 3 fully saturated rings. The maximum atomic E-state index is 15.0. The molecular formula is C34H35N5O2. The second-order valence-electron chi connectivity index (χ2n) is 12.6. The Labute approximate surface area is 241 Å². The molecule has 1 amide bonds. The van der Waals surface area contributed by atoms with Crippen molar-refractivity contribution in [3.8, 4) is 6.07 Å². The summed E-state index contributed by atoms with van der Waals surface area (Å²) in [6.45, 7) is 6.84. The number of amides is 1. The number of aliphatic imine (C=N–C) groups is 1. The number of pyridine rings is 2. The predicted molar refractivity (Wildman–Crippen MR) is 156 cm³/mol. The number of hydrogen-bond acceptors (Lipinski definition) is 6. The Morgan fingerprint density at radius 3 is 2.05 bits per heavy atom. The van der Waals surface area contributed by atoms with Crippen LogP contribution in [0, 0.1) is 28.6 Å². The highest BCUT2D eigenvalue weighted by molar-refractivity contribution is 6.17. The number of nitrogens with zero attached hydrogens (tertiary/aromatic N) is 5. The van der Waals surface area contributed by atoms with Crippen molar-refractivity contribution >= 4 is 17.5 Å². The Balaban J connectivity index is 1.47. The van der Waals surface area contributed by atoms with Crippen LogP contribution >= 0.6 is 0 Å². The van der Waals surface area contributed by atoms with Crippen molar-refractivity contribution in [3.05, 3.63) is 95.6 Å². The molecule has 0 spiro atoms. The van der Waals surface area contributed by atoms with Crippen molar-refractivity contribution in [2.75, 3.05) is 0 Å². The molecule has 208 valence electrons. The second kappa shape index (κ2) is 10.0. The van der Waals surface area contributed by atoms with E-state index in [2.05, 4.69) is 36.8 Å². The van der Waals surface area contributed by atoms with Crippen LogP contribution in [0.2, 0.25) is 0 Å². The largest absolute Gasteiger partial charge is 0.294 e. The van der Waals surface area contributed by atoms with Gasteiger partial charge in [0.2, 0.25) is 0 Å². The third-order valence-corrected chi connectivity index (χ3v) is 10.2. The predicted octanol–water partition coefficient (Wildman–Crippen LogP) is 5.60. The van der Waals surface area contributed by atoms with E-state index in [1.165, 1.54) is 0 Å². The third-order valence-electron chi connectivity index (χ3n) is 10.2. The molecule has 0 saturated heterocycles. The summed E-state index contributed by atoms with van der Waals surface area (Å²) in [5, 5.41) is 9.21. The van der Waals surface area contributed by atoms with Crippen molar-refractivity contribution in [2.45, 2.75) is 70.4 Å². The number of carbonyl (C=O) groups excluding carboxylic acids is 2. The molecule has 7 rings (SSSR count). The summed E-state index contributed by atoms with van der Waals surface area (Å²) in [7, 11) is 0. The van der Waals surface area contributed by atoms with Gasteiger partial charge in [0.05, 0.1) is 23.6 Å². The number of fused-ring (bicyclic) bond motifs is 2. The summed E-state index contributed by atoms with van der Waals surface area (Å²) in [5.41, 5.74) is 1.39. The lowest BCUT2D eigenvalue weighted by molar-refractivity contribution is -0.197. The van der Waals surface area contributed by atoms with E-state index in [0.717, 1.165) is 30.4 Å². The topological polar surface area (TPSA) is 99.3 Å². The number of amidine groups is 1. The minimum Gasteiger partial charge on any atom is -0.294 e. The lowest BCUT2D eigenvalue weighted by Crippen LogP contribution is -2.76. The van der Waals surface area contributed by atoms with E-state index in [1.807, 2.05) is 29.2 Å². The highest BCUT2D eigenvalue weighted by atomic mass is 16.2. The zero-order valence-electron chi connectivity index (χ0n) is 23.9. The summed E-state index contributed by atoms with van der Waals surface area (Å²) < 4.78 is 0. The van der Waals surface area contributed by atoms with Gasteiger partial charge >= 0.3 is 0 Å². The smallest absolute Gasteiger partial charge is 0.257 e. The van der Waals surface area contributed by atoms with E-state index in [1.54, 1.807) is 49.1 Å². The molecule has 3 aromatic rings. The van der Waals surface area contributed by atoms with E-state index in [-0.39, 0.29) is 29.4 Å². The maximum Gasteiger partial charge on any atom is 0.257 e. The first-order chi connectivity index (χ1) is 19.7. The molecule has 3 atom stereocenters. The molecule has 3 saturated carbocycles. The molecule has 7 nitrogen and oxygen atoms in total. The van der Waals surface area contributed by atoms with Gasteiger partial charge in [-0.05, 0) is 84.0 Å². The lowest BCUT2D eigenvalue weighted by Gasteiger charge is -2.71. The van der Waals surface area contributed by atoms with Crippen LogP contribution in [0.3, 0.4) is 0 Å². The van der Waals surface area contributed by atoms with Crippen LogP contribution < -0.4 is 0 Å². The fourth-order valence-electron chi connectivity index (χ4n) is 7.85. The molecule has 3 unspecified atom stereocenters. The SMILES string of the molecule is CC1CCC2CC1(N1C(=O)C(Cc3ccncc3)(Cc3ccncc3)N=C1CC(=O)c1ccc(C#N)cc1)C2(C)C. The van der Waals surface area contributed by atoms with Crippen LogP contribution in [0.15, 0.2) is 78.3 Å². The molecule has 2 bridgehead atoms. The van der Waals surface area contributed by atoms with Crippen LogP contribution in [0.4, 0.5) is 0 Å². The highest BCUT2D eigenvalue weighted by Crippen LogP contribution is 2.67. The van der Waals surface area contributed by atoms with E-state index in [0.29, 0.717) is 35.7 Å². The van der Waals surface area contributed by atoms with Gasteiger partial charge in [-0.15, -0.1) is 0 Å². The van der Waals surface area contributed by atoms with Crippen LogP contribution in [0.5, 0.6) is 0 Å². The minimum atomic E-state index is -1.09. The molecule has 2 aromatic heterocycles. The van der Waals surface area contributed by atoms with Gasteiger partial charge in [-0.25, -0.2) is 0 Å². The van der Waals surface area contributed by atoms with Crippen molar-refractivity contribution in [2.24, 2.45) is 22.2 Å². The molecule has 4 aliphatic rings. The molecule has 41 heavy (non-hydrogen) atoms. The molecular weight excluding hydrogens is 510 g/mol. The van der Waals surface area contributed by atoms with Gasteiger partial charge in [0.1, 0.15) is 11.4 Å². The molecule has 0 radical (unpaired) electrons. The van der Waals surface area contributed by atoms with Gasteiger partial charge in [0, 0.05) is 43.2 Å². The van der Waals surface area contributed by atoms with Crippen LogP contribution in [0.1, 0.15) is 73.5 Å². The fourth-order valence-corrected chi connectivity index (χ4v) is 7.85. The summed E-state index contributed by atoms with van der Waals surface area (Å²) in [4.78, 5) is 44.4. The highest BCUT2D eigenvalue weighted by Gasteiger charge is 2.71. The standard InChI is InChI=1S/C34H35N5O2/c1-23-4-9-28-21-34(23,32(28,2)3)39-30(18-29(40)27-7-5-26(22-35)6-8-27)38-33(31(39)41,19-24-10-14-36-15-11-24)20-25-12-16-37-17-13-25/h5-8,10-17,23,28H,4,9,18-21H2,1-3H3. The number of nitriles is 1. The minimum absolute atomic E-state index is 0.0194. The summed E-state index contributed by atoms with van der Waals surface area (Å²) in [6, 6.07) is 16.5. The maximum absolute atomic E-state index is 15.0. The molecule has 3 aliphatic carbocycles. The van der Waals surface area contributed by atoms with Crippen LogP contribution in [0.25, 0.3) is 0 Å². The first-order valence-corrected chi connectivity index (χ1v) is 14.4. The monoisotopic (exact) mass is 545 g/mol. The number of ketones is 1. The normalized spacial score (nSPS) is 25.7. The zero-order valence-corrected chi connectivity index (χ0v) is 23.9. The Kier molecular flexibility index (Phi) is 6.60. The number of hydrogen-bond donors (Lipinski definition) is 0. The quantitative estimate of drug-likeness (QED) is 0.343. The Morgan fingerprint density at radius 2 is 1.54 bits per heavy atom. The van der Waals surface area contributed by atoms with Gasteiger partial charge in [-0.2, -0.15) is 5.26 Å². The second-order valence-corrected chi connectivity index (χ2v) is 12.6. The van der Waals surface area contributed by atoms with E-state index >= 15 is 4.79 Å². The number of aromatic nitrogens is 2. The van der Waals surface area contributed by atoms with Crippen molar-refractivity contribution < 1.29 is 9.59 Å². The summed E-state index contributed by atoms with van der Waals surface area (Å²) in [5.74, 6) is 1.25. The average molecular weight is 546 g/mol. The van der Waals surface area contributed by atoms with Crippen molar-refractivity contribution in [3.63, 3.8) is 0 Å². The van der Waals surface area contributed by atoms with Crippen molar-refractivity contribution in [1.82, 2.24) is 14.9 Å². The molecule has 1 aliphatic heterocycles. The molecule has 7 heteroatoms. The Hall–Kier alpha value is -4.18. The summed E-state index contributed by atoms with van der Waals surface area (Å²) >= 11 is 0. The van der Waals surface area contributed by atoms with Gasteiger partial charge < -0.3 is 0 Å². The average Bonchev–Trinajstić information content (AvgIpc) is 3.23. The van der Waals surface area contributed by atoms with E-state index < -0.39 is 11.1 Å². The fraction of sp³-hybridized carbons (Fsp3) is 0.412. The third kappa shape index (κ3) is 4.28. The van der Waals surface area contributed by atoms with Gasteiger partial charge in [-0.1, -0.05) is 32.9 Å². The number of Topliss-reactive ketones (excluding diaryl/α,β-unsaturated/α-hetero) is 1.